The van der Waals surface area contributed by atoms with E-state index < -0.39 is 4.92 Å². The smallest absolute Gasteiger partial charge is 0.271 e. The Morgan fingerprint density at radius 1 is 1.04 bits per heavy atom. The van der Waals surface area contributed by atoms with E-state index >= 15 is 0 Å². The highest BCUT2D eigenvalue weighted by Crippen LogP contribution is 2.15. The van der Waals surface area contributed by atoms with Gasteiger partial charge >= 0.3 is 0 Å². The van der Waals surface area contributed by atoms with Crippen molar-refractivity contribution in [2.24, 2.45) is 5.10 Å². The van der Waals surface area contributed by atoms with E-state index in [1.54, 1.807) is 31.2 Å². The van der Waals surface area contributed by atoms with Gasteiger partial charge in [-0.25, -0.2) is 5.43 Å². The highest BCUT2D eigenvalue weighted by molar-refractivity contribution is 6.01. The fourth-order valence-corrected chi connectivity index (χ4v) is 2.50. The Kier molecular flexibility index (Phi) is 6.43. The van der Waals surface area contributed by atoms with Gasteiger partial charge in [-0.1, -0.05) is 0 Å². The molecule has 0 spiro atoms. The van der Waals surface area contributed by atoms with E-state index in [0.717, 1.165) is 18.8 Å². The summed E-state index contributed by atoms with van der Waals surface area (Å²) in [5, 5.41) is 14.7. The Morgan fingerprint density at radius 3 is 2.08 bits per heavy atom. The van der Waals surface area contributed by atoms with Crippen molar-refractivity contribution in [3.8, 4) is 0 Å². The maximum absolute atomic E-state index is 12.2. The van der Waals surface area contributed by atoms with Gasteiger partial charge in [0.15, 0.2) is 0 Å². The number of anilines is 1. The third-order valence-corrected chi connectivity index (χ3v) is 4.08. The van der Waals surface area contributed by atoms with Crippen LogP contribution in [0.25, 0.3) is 0 Å². The van der Waals surface area contributed by atoms with Crippen LogP contribution < -0.4 is 10.3 Å². The van der Waals surface area contributed by atoms with Crippen LogP contribution in [-0.4, -0.2) is 29.6 Å². The lowest BCUT2D eigenvalue weighted by atomic mass is 10.1. The Morgan fingerprint density at radius 2 is 1.58 bits per heavy atom. The normalized spacial score (nSPS) is 11.1. The van der Waals surface area contributed by atoms with Crippen LogP contribution in [0.5, 0.6) is 0 Å². The van der Waals surface area contributed by atoms with Crippen molar-refractivity contribution in [2.45, 2.75) is 20.8 Å². The van der Waals surface area contributed by atoms with Crippen molar-refractivity contribution in [1.29, 1.82) is 0 Å². The van der Waals surface area contributed by atoms with E-state index in [-0.39, 0.29) is 11.6 Å². The fourth-order valence-electron chi connectivity index (χ4n) is 2.50. The van der Waals surface area contributed by atoms with Crippen LogP contribution in [-0.2, 0) is 0 Å². The molecule has 136 valence electrons. The van der Waals surface area contributed by atoms with Crippen molar-refractivity contribution >= 4 is 23.0 Å². The molecular weight excluding hydrogens is 332 g/mol. The molecule has 2 aromatic rings. The number of nitrogens with one attached hydrogen (secondary N) is 1. The quantitative estimate of drug-likeness (QED) is 0.467. The second kappa shape index (κ2) is 8.75. The summed E-state index contributed by atoms with van der Waals surface area (Å²) in [6.45, 7) is 7.70. The monoisotopic (exact) mass is 354 g/mol. The minimum absolute atomic E-state index is 0.0128. The summed E-state index contributed by atoms with van der Waals surface area (Å²) in [7, 11) is 0. The number of carbonyl (C=O) groups excluding carboxylic acids is 1. The summed E-state index contributed by atoms with van der Waals surface area (Å²) < 4.78 is 0. The molecule has 7 nitrogen and oxygen atoms in total. The predicted molar refractivity (Wildman–Crippen MR) is 103 cm³/mol. The zero-order valence-electron chi connectivity index (χ0n) is 15.1. The highest BCUT2D eigenvalue weighted by Gasteiger charge is 2.08. The van der Waals surface area contributed by atoms with Crippen LogP contribution in [0.2, 0.25) is 0 Å². The molecule has 1 N–H and O–H groups in total. The maximum Gasteiger partial charge on any atom is 0.271 e. The lowest BCUT2D eigenvalue weighted by molar-refractivity contribution is -0.384. The van der Waals surface area contributed by atoms with Crippen molar-refractivity contribution in [3.63, 3.8) is 0 Å². The Labute approximate surface area is 152 Å². The maximum atomic E-state index is 12.2. The summed E-state index contributed by atoms with van der Waals surface area (Å²) >= 11 is 0. The standard InChI is InChI=1S/C19H22N4O3/c1-4-22(5-2)17-10-8-16(9-11-17)19(24)21-20-14(3)15-6-12-18(13-7-15)23(25)26/h6-13H,4-5H2,1-3H3,(H,21,24)/b20-14-. The second-order valence-electron chi connectivity index (χ2n) is 5.66. The van der Waals surface area contributed by atoms with Crippen LogP contribution in [0.15, 0.2) is 53.6 Å². The van der Waals surface area contributed by atoms with Gasteiger partial charge in [0.2, 0.25) is 0 Å². The Bertz CT molecular complexity index is 795. The zero-order valence-corrected chi connectivity index (χ0v) is 15.1. The van der Waals surface area contributed by atoms with Crippen LogP contribution in [0.4, 0.5) is 11.4 Å². The summed E-state index contributed by atoms with van der Waals surface area (Å²) in [4.78, 5) is 24.6. The number of nitro benzene ring substituents is 1. The minimum Gasteiger partial charge on any atom is -0.372 e. The lowest BCUT2D eigenvalue weighted by Gasteiger charge is -2.20. The summed E-state index contributed by atoms with van der Waals surface area (Å²) in [5.74, 6) is -0.308. The summed E-state index contributed by atoms with van der Waals surface area (Å²) in [5.41, 5.74) is 5.37. The van der Waals surface area contributed by atoms with E-state index in [0.29, 0.717) is 16.8 Å². The van der Waals surface area contributed by atoms with Gasteiger partial charge in [0.05, 0.1) is 10.6 Å². The lowest BCUT2D eigenvalue weighted by Crippen LogP contribution is -2.22. The molecule has 2 aromatic carbocycles. The third kappa shape index (κ3) is 4.66. The topological polar surface area (TPSA) is 87.8 Å². The number of amides is 1. The average Bonchev–Trinajstić information content (AvgIpc) is 2.67. The van der Waals surface area contributed by atoms with Gasteiger partial charge in [0.25, 0.3) is 11.6 Å². The zero-order chi connectivity index (χ0) is 19.1. The molecule has 0 aromatic heterocycles. The van der Waals surface area contributed by atoms with Crippen molar-refractivity contribution < 1.29 is 9.72 Å². The third-order valence-electron chi connectivity index (χ3n) is 4.08. The van der Waals surface area contributed by atoms with Crippen LogP contribution >= 0.6 is 0 Å². The van der Waals surface area contributed by atoms with Crippen LogP contribution in [0.3, 0.4) is 0 Å². The Hall–Kier alpha value is -3.22. The number of hydrogen-bond donors (Lipinski definition) is 1. The Balaban J connectivity index is 2.04. The summed E-state index contributed by atoms with van der Waals surface area (Å²) in [6.07, 6.45) is 0. The first kappa shape index (κ1) is 19.1. The molecule has 26 heavy (non-hydrogen) atoms. The van der Waals surface area contributed by atoms with Gasteiger partial charge in [-0.2, -0.15) is 5.10 Å². The predicted octanol–water partition coefficient (Wildman–Crippen LogP) is 3.60. The van der Waals surface area contributed by atoms with Crippen molar-refractivity contribution in [3.05, 3.63) is 69.8 Å². The molecule has 2 rings (SSSR count). The van der Waals surface area contributed by atoms with Crippen LogP contribution in [0, 0.1) is 10.1 Å². The van der Waals surface area contributed by atoms with Gasteiger partial charge < -0.3 is 4.90 Å². The minimum atomic E-state index is -0.458. The molecule has 0 unspecified atom stereocenters. The molecule has 0 saturated carbocycles. The molecule has 0 aliphatic rings. The first-order valence-electron chi connectivity index (χ1n) is 8.40. The first-order valence-corrected chi connectivity index (χ1v) is 8.40. The summed E-state index contributed by atoms with van der Waals surface area (Å²) in [6, 6.07) is 13.4. The molecule has 0 atom stereocenters. The van der Waals surface area contributed by atoms with Gasteiger partial charge in [-0.15, -0.1) is 0 Å². The number of nitrogens with zero attached hydrogens (tertiary/aromatic N) is 3. The molecule has 0 saturated heterocycles. The number of carbonyl (C=O) groups is 1. The van der Waals surface area contributed by atoms with E-state index in [1.165, 1.54) is 12.1 Å². The number of nitro groups is 1. The fraction of sp³-hybridized carbons (Fsp3) is 0.263. The van der Waals surface area contributed by atoms with Gasteiger partial charge in [-0.05, 0) is 62.7 Å². The molecule has 0 radical (unpaired) electrons. The number of hydrogen-bond acceptors (Lipinski definition) is 5. The molecule has 0 heterocycles. The number of hydrazone groups is 1. The van der Waals surface area contributed by atoms with E-state index in [4.69, 9.17) is 0 Å². The molecule has 0 fully saturated rings. The SMILES string of the molecule is CCN(CC)c1ccc(C(=O)N/N=C(/C)c2ccc([N+](=O)[O-])cc2)cc1. The average molecular weight is 354 g/mol. The van der Waals surface area contributed by atoms with Gasteiger partial charge in [0.1, 0.15) is 0 Å². The van der Waals surface area contributed by atoms with E-state index in [9.17, 15) is 14.9 Å². The molecule has 0 aliphatic heterocycles. The second-order valence-corrected chi connectivity index (χ2v) is 5.66. The van der Waals surface area contributed by atoms with Crippen molar-refractivity contribution in [1.82, 2.24) is 5.43 Å². The van der Waals surface area contributed by atoms with E-state index in [2.05, 4.69) is 29.3 Å². The van der Waals surface area contributed by atoms with Crippen molar-refractivity contribution in [2.75, 3.05) is 18.0 Å². The number of rotatable bonds is 7. The molecule has 0 aliphatic carbocycles. The molecule has 0 bridgehead atoms. The first-order chi connectivity index (χ1) is 12.5. The van der Waals surface area contributed by atoms with Crippen LogP contribution in [0.1, 0.15) is 36.7 Å². The molecule has 1 amide bonds. The number of non-ortho nitro benzene ring substituents is 1. The van der Waals surface area contributed by atoms with E-state index in [1.807, 2.05) is 12.1 Å². The molecular formula is C19H22N4O3. The largest absolute Gasteiger partial charge is 0.372 e. The van der Waals surface area contributed by atoms with Gasteiger partial charge in [-0.3, -0.25) is 14.9 Å². The highest BCUT2D eigenvalue weighted by atomic mass is 16.6. The van der Waals surface area contributed by atoms with Gasteiger partial charge in [0, 0.05) is 36.5 Å². The number of benzene rings is 2. The molecule has 7 heteroatoms.